The number of amides is 3. The zero-order valence-corrected chi connectivity index (χ0v) is 10.7. The summed E-state index contributed by atoms with van der Waals surface area (Å²) in [5, 5.41) is 2.54. The summed E-state index contributed by atoms with van der Waals surface area (Å²) in [6, 6.07) is 4.29. The highest BCUT2D eigenvalue weighted by Crippen LogP contribution is 2.26. The minimum absolute atomic E-state index is 0.0859. The second kappa shape index (κ2) is 5.90. The minimum Gasteiger partial charge on any atom is -0.405 e. The van der Waals surface area contributed by atoms with E-state index in [0.29, 0.717) is 0 Å². The number of hydrogen-bond acceptors (Lipinski definition) is 3. The number of carbonyl (C=O) groups is 2. The molecule has 0 aliphatic heterocycles. The van der Waals surface area contributed by atoms with Crippen LogP contribution in [0.1, 0.15) is 23.2 Å². The van der Waals surface area contributed by atoms with Crippen molar-refractivity contribution in [3.63, 3.8) is 0 Å². The van der Waals surface area contributed by atoms with Crippen molar-refractivity contribution in [2.45, 2.75) is 25.2 Å². The van der Waals surface area contributed by atoms with Crippen molar-refractivity contribution in [2.24, 2.45) is 0 Å². The first kappa shape index (κ1) is 14.9. The SMILES string of the molecule is O=C(NNC(=O)c1ccccc1OC(F)(F)F)NC1CC1. The van der Waals surface area contributed by atoms with Crippen LogP contribution in [0.5, 0.6) is 5.75 Å². The topological polar surface area (TPSA) is 79.5 Å². The van der Waals surface area contributed by atoms with Gasteiger partial charge in [-0.1, -0.05) is 12.1 Å². The van der Waals surface area contributed by atoms with Gasteiger partial charge in [0.2, 0.25) is 0 Å². The summed E-state index contributed by atoms with van der Waals surface area (Å²) < 4.78 is 40.4. The molecule has 9 heteroatoms. The average Bonchev–Trinajstić information content (AvgIpc) is 3.18. The number of urea groups is 1. The van der Waals surface area contributed by atoms with E-state index in [2.05, 4.69) is 15.5 Å². The number of ether oxygens (including phenoxy) is 1. The molecule has 3 amide bonds. The zero-order valence-electron chi connectivity index (χ0n) is 10.7. The number of benzene rings is 1. The van der Waals surface area contributed by atoms with Gasteiger partial charge in [0.25, 0.3) is 5.91 Å². The standard InChI is InChI=1S/C12H12F3N3O3/c13-12(14,15)21-9-4-2-1-3-8(9)10(19)17-18-11(20)16-7-5-6-7/h1-4,7H,5-6H2,(H,17,19)(H2,16,18,20). The number of alkyl halides is 3. The molecule has 1 fully saturated rings. The lowest BCUT2D eigenvalue weighted by atomic mass is 10.2. The van der Waals surface area contributed by atoms with Crippen LogP contribution < -0.4 is 20.9 Å². The fourth-order valence-corrected chi connectivity index (χ4v) is 1.50. The molecule has 2 rings (SSSR count). The van der Waals surface area contributed by atoms with Crippen LogP contribution in [0, 0.1) is 0 Å². The summed E-state index contributed by atoms with van der Waals surface area (Å²) in [6.07, 6.45) is -3.18. The van der Waals surface area contributed by atoms with Crippen LogP contribution in [0.3, 0.4) is 0 Å². The maximum Gasteiger partial charge on any atom is 0.573 e. The number of carbonyl (C=O) groups excluding carboxylic acids is 2. The van der Waals surface area contributed by atoms with Crippen molar-refractivity contribution in [3.05, 3.63) is 29.8 Å². The van der Waals surface area contributed by atoms with Gasteiger partial charge in [-0.15, -0.1) is 13.2 Å². The Morgan fingerprint density at radius 1 is 1.14 bits per heavy atom. The van der Waals surface area contributed by atoms with Gasteiger partial charge in [0.05, 0.1) is 5.56 Å². The smallest absolute Gasteiger partial charge is 0.405 e. The van der Waals surface area contributed by atoms with Crippen LogP contribution in [0.4, 0.5) is 18.0 Å². The van der Waals surface area contributed by atoms with Crippen molar-refractivity contribution in [2.75, 3.05) is 0 Å². The number of rotatable bonds is 3. The molecule has 0 radical (unpaired) electrons. The van der Waals surface area contributed by atoms with Gasteiger partial charge in [-0.05, 0) is 25.0 Å². The Morgan fingerprint density at radius 2 is 1.81 bits per heavy atom. The Kier molecular flexibility index (Phi) is 4.20. The van der Waals surface area contributed by atoms with E-state index in [1.807, 2.05) is 5.43 Å². The summed E-state index contributed by atoms with van der Waals surface area (Å²) in [5.74, 6) is -1.56. The Morgan fingerprint density at radius 3 is 2.43 bits per heavy atom. The Labute approximate surface area is 117 Å². The molecule has 1 aromatic rings. The second-order valence-corrected chi connectivity index (χ2v) is 4.37. The number of nitrogens with one attached hydrogen (secondary N) is 3. The van der Waals surface area contributed by atoms with E-state index in [-0.39, 0.29) is 11.6 Å². The minimum atomic E-state index is -4.91. The van der Waals surface area contributed by atoms with Gasteiger partial charge in [-0.3, -0.25) is 10.2 Å². The highest BCUT2D eigenvalue weighted by atomic mass is 19.4. The van der Waals surface area contributed by atoms with E-state index in [9.17, 15) is 22.8 Å². The van der Waals surface area contributed by atoms with Crippen LogP contribution in [0.15, 0.2) is 24.3 Å². The Bertz CT molecular complexity index is 544. The molecule has 0 heterocycles. The molecule has 1 saturated carbocycles. The number of hydrazine groups is 1. The van der Waals surface area contributed by atoms with E-state index in [4.69, 9.17) is 0 Å². The van der Waals surface area contributed by atoms with Crippen molar-refractivity contribution in [1.82, 2.24) is 16.2 Å². The molecule has 0 bridgehead atoms. The van der Waals surface area contributed by atoms with Gasteiger partial charge in [0, 0.05) is 6.04 Å². The van der Waals surface area contributed by atoms with Crippen molar-refractivity contribution in [3.8, 4) is 5.75 Å². The van der Waals surface area contributed by atoms with Crippen LogP contribution in [-0.2, 0) is 0 Å². The second-order valence-electron chi connectivity index (χ2n) is 4.37. The largest absolute Gasteiger partial charge is 0.573 e. The fraction of sp³-hybridized carbons (Fsp3) is 0.333. The molecule has 1 aromatic carbocycles. The number of halogens is 3. The van der Waals surface area contributed by atoms with E-state index in [1.165, 1.54) is 12.1 Å². The molecule has 0 atom stereocenters. The van der Waals surface area contributed by atoms with Gasteiger partial charge >= 0.3 is 12.4 Å². The van der Waals surface area contributed by atoms with Crippen molar-refractivity contribution in [1.29, 1.82) is 0 Å². The first-order valence-electron chi connectivity index (χ1n) is 6.07. The Hall–Kier alpha value is -2.45. The summed E-state index contributed by atoms with van der Waals surface area (Å²) in [4.78, 5) is 23.1. The molecule has 0 aromatic heterocycles. The monoisotopic (exact) mass is 303 g/mol. The van der Waals surface area contributed by atoms with Crippen LogP contribution >= 0.6 is 0 Å². The van der Waals surface area contributed by atoms with E-state index in [1.54, 1.807) is 0 Å². The van der Waals surface area contributed by atoms with E-state index >= 15 is 0 Å². The molecule has 0 unspecified atom stereocenters. The summed E-state index contributed by atoms with van der Waals surface area (Å²) in [6.45, 7) is 0. The summed E-state index contributed by atoms with van der Waals surface area (Å²) in [7, 11) is 0. The predicted molar refractivity (Wildman–Crippen MR) is 65.3 cm³/mol. The quantitative estimate of drug-likeness (QED) is 0.743. The van der Waals surface area contributed by atoms with Crippen LogP contribution in [0.25, 0.3) is 0 Å². The molecule has 114 valence electrons. The third-order valence-corrected chi connectivity index (χ3v) is 2.56. The number of para-hydroxylation sites is 1. The summed E-state index contributed by atoms with van der Waals surface area (Å²) >= 11 is 0. The zero-order chi connectivity index (χ0) is 15.5. The molecule has 1 aliphatic carbocycles. The lowest BCUT2D eigenvalue weighted by molar-refractivity contribution is -0.274. The lowest BCUT2D eigenvalue weighted by Crippen LogP contribution is -2.47. The highest BCUT2D eigenvalue weighted by Gasteiger charge is 2.33. The maximum atomic E-state index is 12.2. The van der Waals surface area contributed by atoms with Crippen LogP contribution in [-0.4, -0.2) is 24.3 Å². The molecule has 21 heavy (non-hydrogen) atoms. The van der Waals surface area contributed by atoms with Gasteiger partial charge in [0.1, 0.15) is 5.75 Å². The van der Waals surface area contributed by atoms with Crippen LogP contribution in [0.2, 0.25) is 0 Å². The van der Waals surface area contributed by atoms with E-state index in [0.717, 1.165) is 25.0 Å². The molecular formula is C12H12F3N3O3. The maximum absolute atomic E-state index is 12.2. The molecule has 3 N–H and O–H groups in total. The average molecular weight is 303 g/mol. The normalized spacial score (nSPS) is 14.2. The molecule has 0 saturated heterocycles. The Balaban J connectivity index is 1.96. The van der Waals surface area contributed by atoms with Gasteiger partial charge in [-0.2, -0.15) is 0 Å². The first-order chi connectivity index (χ1) is 9.85. The molecule has 6 nitrogen and oxygen atoms in total. The number of hydrogen-bond donors (Lipinski definition) is 3. The molecule has 1 aliphatic rings. The van der Waals surface area contributed by atoms with Crippen molar-refractivity contribution >= 4 is 11.9 Å². The van der Waals surface area contributed by atoms with Crippen molar-refractivity contribution < 1.29 is 27.5 Å². The van der Waals surface area contributed by atoms with E-state index < -0.39 is 24.1 Å². The van der Waals surface area contributed by atoms with Gasteiger partial charge in [0.15, 0.2) is 0 Å². The third kappa shape index (κ3) is 4.86. The lowest BCUT2D eigenvalue weighted by Gasteiger charge is -2.13. The third-order valence-electron chi connectivity index (χ3n) is 2.56. The van der Waals surface area contributed by atoms with Gasteiger partial charge in [-0.25, -0.2) is 10.2 Å². The van der Waals surface area contributed by atoms with Gasteiger partial charge < -0.3 is 10.1 Å². The molecule has 0 spiro atoms. The predicted octanol–water partition coefficient (Wildman–Crippen LogP) is 1.69. The summed E-state index contributed by atoms with van der Waals surface area (Å²) in [5.41, 5.74) is 3.72. The highest BCUT2D eigenvalue weighted by molar-refractivity contribution is 5.97. The molecular weight excluding hydrogens is 291 g/mol. The fourth-order valence-electron chi connectivity index (χ4n) is 1.50. The first-order valence-corrected chi connectivity index (χ1v) is 6.07.